The van der Waals surface area contributed by atoms with E-state index in [9.17, 15) is 9.59 Å². The molecule has 0 aliphatic rings. The van der Waals surface area contributed by atoms with Gasteiger partial charge < -0.3 is 9.59 Å². The fourth-order valence-electron chi connectivity index (χ4n) is 2.37. The molecule has 0 saturated heterocycles. The van der Waals surface area contributed by atoms with Crippen LogP contribution in [0, 0.1) is 0 Å². The molecule has 2 rings (SSSR count). The van der Waals surface area contributed by atoms with Crippen molar-refractivity contribution in [2.75, 3.05) is 0 Å². The van der Waals surface area contributed by atoms with E-state index in [1.165, 1.54) is 0 Å². The zero-order valence-electron chi connectivity index (χ0n) is 11.4. The van der Waals surface area contributed by atoms with Gasteiger partial charge in [0.1, 0.15) is 0 Å². The van der Waals surface area contributed by atoms with Crippen LogP contribution in [0.4, 0.5) is 0 Å². The number of benzene rings is 2. The van der Waals surface area contributed by atoms with Crippen molar-refractivity contribution < 1.29 is 9.59 Å². The first-order valence-electron chi connectivity index (χ1n) is 6.19. The SMILES string of the molecule is C[Si](C)(O)c1ccc([Si](C)(C)O)c2ccccc12. The normalized spacial score (nSPS) is 13.0. The van der Waals surface area contributed by atoms with Gasteiger partial charge >= 0.3 is 0 Å². The Morgan fingerprint density at radius 2 is 1.00 bits per heavy atom. The Balaban J connectivity index is 2.83. The molecule has 0 aliphatic heterocycles. The van der Waals surface area contributed by atoms with Crippen LogP contribution in [0.5, 0.6) is 0 Å². The molecular weight excluding hydrogens is 256 g/mol. The van der Waals surface area contributed by atoms with E-state index in [1.807, 2.05) is 62.6 Å². The standard InChI is InChI=1S/C14H20O2Si2/c1-17(2,15)13-9-10-14(18(3,4)16)12-8-6-5-7-11(12)13/h5-10,15-16H,1-4H3. The zero-order valence-corrected chi connectivity index (χ0v) is 13.4. The van der Waals surface area contributed by atoms with Gasteiger partial charge in [-0.15, -0.1) is 0 Å². The Labute approximate surface area is 110 Å². The molecule has 2 N–H and O–H groups in total. The van der Waals surface area contributed by atoms with E-state index in [0.717, 1.165) is 21.1 Å². The van der Waals surface area contributed by atoms with Gasteiger partial charge in [0.2, 0.25) is 16.6 Å². The second kappa shape index (κ2) is 4.31. The highest BCUT2D eigenvalue weighted by molar-refractivity contribution is 6.87. The maximum atomic E-state index is 10.4. The highest BCUT2D eigenvalue weighted by atomic mass is 28.4. The fraction of sp³-hybridized carbons (Fsp3) is 0.286. The summed E-state index contributed by atoms with van der Waals surface area (Å²) in [4.78, 5) is 20.7. The van der Waals surface area contributed by atoms with Gasteiger partial charge in [-0.1, -0.05) is 36.4 Å². The molecule has 0 heterocycles. The van der Waals surface area contributed by atoms with Crippen LogP contribution in [0.3, 0.4) is 0 Å². The molecular formula is C14H20O2Si2. The van der Waals surface area contributed by atoms with Crippen molar-refractivity contribution in [3.8, 4) is 0 Å². The van der Waals surface area contributed by atoms with Gasteiger partial charge in [-0.25, -0.2) is 0 Å². The largest absolute Gasteiger partial charge is 0.428 e. The minimum Gasteiger partial charge on any atom is -0.428 e. The van der Waals surface area contributed by atoms with E-state index in [2.05, 4.69) is 0 Å². The summed E-state index contributed by atoms with van der Waals surface area (Å²) in [6.45, 7) is 7.71. The van der Waals surface area contributed by atoms with Crippen molar-refractivity contribution in [2.24, 2.45) is 0 Å². The second-order valence-corrected chi connectivity index (χ2v) is 13.1. The molecule has 0 aliphatic carbocycles. The highest BCUT2D eigenvalue weighted by Crippen LogP contribution is 2.16. The Bertz CT molecular complexity index is 528. The first-order chi connectivity index (χ1) is 8.21. The molecule has 0 aromatic heterocycles. The summed E-state index contributed by atoms with van der Waals surface area (Å²) in [5.41, 5.74) is 0. The Morgan fingerprint density at radius 3 is 1.28 bits per heavy atom. The molecule has 0 radical (unpaired) electrons. The lowest BCUT2D eigenvalue weighted by molar-refractivity contribution is 0.567. The highest BCUT2D eigenvalue weighted by Gasteiger charge is 2.27. The van der Waals surface area contributed by atoms with Gasteiger partial charge in [0.15, 0.2) is 0 Å². The van der Waals surface area contributed by atoms with Crippen LogP contribution in [0.15, 0.2) is 36.4 Å². The quantitative estimate of drug-likeness (QED) is 0.819. The average Bonchev–Trinajstić information content (AvgIpc) is 2.24. The van der Waals surface area contributed by atoms with Gasteiger partial charge in [-0.05, 0) is 47.3 Å². The predicted octanol–water partition coefficient (Wildman–Crippen LogP) is 1.65. The van der Waals surface area contributed by atoms with Crippen LogP contribution in [0.1, 0.15) is 0 Å². The van der Waals surface area contributed by atoms with Gasteiger partial charge in [0, 0.05) is 0 Å². The molecule has 0 saturated carbocycles. The molecule has 18 heavy (non-hydrogen) atoms. The summed E-state index contributed by atoms with van der Waals surface area (Å²) >= 11 is 0. The maximum Gasteiger partial charge on any atom is 0.214 e. The van der Waals surface area contributed by atoms with E-state index in [1.54, 1.807) is 0 Å². The monoisotopic (exact) mass is 276 g/mol. The third-order valence-electron chi connectivity index (χ3n) is 3.24. The summed E-state index contributed by atoms with van der Waals surface area (Å²) in [5, 5.41) is 4.26. The predicted molar refractivity (Wildman–Crippen MR) is 82.6 cm³/mol. The molecule has 0 atom stereocenters. The van der Waals surface area contributed by atoms with Crippen molar-refractivity contribution in [3.05, 3.63) is 36.4 Å². The van der Waals surface area contributed by atoms with Crippen LogP contribution in [0.2, 0.25) is 26.2 Å². The van der Waals surface area contributed by atoms with E-state index in [-0.39, 0.29) is 0 Å². The third-order valence-corrected chi connectivity index (χ3v) is 6.75. The van der Waals surface area contributed by atoms with Crippen molar-refractivity contribution in [2.45, 2.75) is 26.2 Å². The van der Waals surface area contributed by atoms with Crippen molar-refractivity contribution >= 4 is 37.8 Å². The van der Waals surface area contributed by atoms with Gasteiger partial charge in [0.25, 0.3) is 0 Å². The first-order valence-corrected chi connectivity index (χ1v) is 12.1. The van der Waals surface area contributed by atoms with Crippen LogP contribution in [0.25, 0.3) is 10.8 Å². The van der Waals surface area contributed by atoms with E-state index < -0.39 is 16.6 Å². The first kappa shape index (κ1) is 13.5. The van der Waals surface area contributed by atoms with E-state index >= 15 is 0 Å². The molecule has 0 fully saturated rings. The maximum absolute atomic E-state index is 10.4. The second-order valence-electron chi connectivity index (χ2n) is 5.82. The molecule has 0 bridgehead atoms. The summed E-state index contributed by atoms with van der Waals surface area (Å²) in [6.07, 6.45) is 0. The van der Waals surface area contributed by atoms with Gasteiger partial charge in [-0.3, -0.25) is 0 Å². The van der Waals surface area contributed by atoms with Gasteiger partial charge in [0.05, 0.1) is 0 Å². The van der Waals surface area contributed by atoms with Crippen molar-refractivity contribution in [1.29, 1.82) is 0 Å². The van der Waals surface area contributed by atoms with Crippen LogP contribution < -0.4 is 10.4 Å². The Morgan fingerprint density at radius 1 is 0.667 bits per heavy atom. The minimum absolute atomic E-state index is 1.04. The summed E-state index contributed by atoms with van der Waals surface area (Å²) in [5.74, 6) is 0. The topological polar surface area (TPSA) is 40.5 Å². The molecule has 2 aromatic carbocycles. The van der Waals surface area contributed by atoms with Crippen LogP contribution in [-0.4, -0.2) is 26.2 Å². The number of hydrogen-bond acceptors (Lipinski definition) is 2. The Kier molecular flexibility index (Phi) is 3.23. The minimum atomic E-state index is -2.35. The van der Waals surface area contributed by atoms with Crippen molar-refractivity contribution in [3.63, 3.8) is 0 Å². The van der Waals surface area contributed by atoms with Crippen molar-refractivity contribution in [1.82, 2.24) is 0 Å². The molecule has 0 unspecified atom stereocenters. The lowest BCUT2D eigenvalue weighted by Gasteiger charge is -2.22. The molecule has 0 amide bonds. The molecule has 2 nitrogen and oxygen atoms in total. The smallest absolute Gasteiger partial charge is 0.214 e. The van der Waals surface area contributed by atoms with Crippen LogP contribution >= 0.6 is 0 Å². The van der Waals surface area contributed by atoms with E-state index in [0.29, 0.717) is 0 Å². The number of hydrogen-bond donors (Lipinski definition) is 2. The summed E-state index contributed by atoms with van der Waals surface area (Å²) in [6, 6.07) is 12.0. The molecule has 0 spiro atoms. The van der Waals surface area contributed by atoms with Crippen LogP contribution in [-0.2, 0) is 0 Å². The fourth-order valence-corrected chi connectivity index (χ4v) is 5.10. The zero-order chi connectivity index (χ0) is 13.6. The molecule has 2 aromatic rings. The summed E-state index contributed by atoms with van der Waals surface area (Å²) in [7, 11) is -4.69. The lowest BCUT2D eigenvalue weighted by Crippen LogP contribution is -2.46. The lowest BCUT2D eigenvalue weighted by atomic mass is 10.1. The Hall–Kier alpha value is -0.946. The van der Waals surface area contributed by atoms with Gasteiger partial charge in [-0.2, -0.15) is 0 Å². The van der Waals surface area contributed by atoms with E-state index in [4.69, 9.17) is 0 Å². The third kappa shape index (κ3) is 2.42. The average molecular weight is 276 g/mol. The number of fused-ring (bicyclic) bond motifs is 1. The molecule has 4 heteroatoms. The number of rotatable bonds is 2. The molecule has 96 valence electrons. The summed E-state index contributed by atoms with van der Waals surface area (Å²) < 4.78 is 0.